The fraction of sp³-hybridized carbons (Fsp3) is 0.385. The Labute approximate surface area is 117 Å². The van der Waals surface area contributed by atoms with Gasteiger partial charge in [-0.15, -0.1) is 0 Å². The Morgan fingerprint density at radius 2 is 2.22 bits per heavy atom. The van der Waals surface area contributed by atoms with Crippen molar-refractivity contribution >= 4 is 34.7 Å². The lowest BCUT2D eigenvalue weighted by atomic mass is 10.1. The van der Waals surface area contributed by atoms with Crippen LogP contribution in [0.4, 0.5) is 0 Å². The predicted molar refractivity (Wildman–Crippen MR) is 76.6 cm³/mol. The average Bonchev–Trinajstić information content (AvgIpc) is 2.34. The highest BCUT2D eigenvalue weighted by atomic mass is 35.5. The Morgan fingerprint density at radius 1 is 1.44 bits per heavy atom. The minimum absolute atomic E-state index is 0.204. The number of amides is 1. The number of piperidine rings is 1. The van der Waals surface area contributed by atoms with Crippen LogP contribution in [0.15, 0.2) is 18.2 Å². The molecule has 1 fully saturated rings. The molecular weight excluding hydrogens is 268 g/mol. The molecule has 0 bridgehead atoms. The maximum absolute atomic E-state index is 11.7. The molecule has 96 valence electrons. The van der Waals surface area contributed by atoms with Gasteiger partial charge in [0, 0.05) is 30.1 Å². The number of carbonyl (C=O) groups is 1. The van der Waals surface area contributed by atoms with Crippen LogP contribution in [0.1, 0.15) is 30.4 Å². The third-order valence-electron chi connectivity index (χ3n) is 3.12. The molecule has 1 saturated heterocycles. The van der Waals surface area contributed by atoms with Crippen LogP contribution in [-0.2, 0) is 11.3 Å². The molecule has 1 aromatic rings. The summed E-state index contributed by atoms with van der Waals surface area (Å²) in [6, 6.07) is 5.49. The maximum atomic E-state index is 11.7. The highest BCUT2D eigenvalue weighted by Gasteiger charge is 2.19. The van der Waals surface area contributed by atoms with Crippen LogP contribution >= 0.6 is 23.8 Å². The summed E-state index contributed by atoms with van der Waals surface area (Å²) < 4.78 is 0. The SMILES string of the molecule is NC(=S)c1ccc(CN2CCCCC2=O)c(Cl)c1. The minimum Gasteiger partial charge on any atom is -0.389 e. The first-order chi connectivity index (χ1) is 8.58. The van der Waals surface area contributed by atoms with Gasteiger partial charge in [-0.1, -0.05) is 36.0 Å². The summed E-state index contributed by atoms with van der Waals surface area (Å²) in [7, 11) is 0. The van der Waals surface area contributed by atoms with Gasteiger partial charge in [0.1, 0.15) is 4.99 Å². The van der Waals surface area contributed by atoms with Gasteiger partial charge in [0.05, 0.1) is 0 Å². The molecule has 1 aromatic carbocycles. The van der Waals surface area contributed by atoms with Crippen molar-refractivity contribution in [3.63, 3.8) is 0 Å². The lowest BCUT2D eigenvalue weighted by Gasteiger charge is -2.27. The van der Waals surface area contributed by atoms with Crippen LogP contribution in [-0.4, -0.2) is 22.3 Å². The van der Waals surface area contributed by atoms with Crippen LogP contribution in [0.25, 0.3) is 0 Å². The molecule has 2 N–H and O–H groups in total. The summed E-state index contributed by atoms with van der Waals surface area (Å²) in [6.45, 7) is 1.38. The first kappa shape index (κ1) is 13.3. The molecule has 0 atom stereocenters. The third kappa shape index (κ3) is 3.00. The van der Waals surface area contributed by atoms with Crippen molar-refractivity contribution < 1.29 is 4.79 Å². The first-order valence-corrected chi connectivity index (χ1v) is 6.72. The van der Waals surface area contributed by atoms with Crippen molar-refractivity contribution in [2.24, 2.45) is 5.73 Å². The van der Waals surface area contributed by atoms with E-state index in [9.17, 15) is 4.79 Å². The number of nitrogens with two attached hydrogens (primary N) is 1. The van der Waals surface area contributed by atoms with Crippen LogP contribution < -0.4 is 5.73 Å². The van der Waals surface area contributed by atoms with Crippen molar-refractivity contribution in [2.45, 2.75) is 25.8 Å². The van der Waals surface area contributed by atoms with Gasteiger partial charge in [0.15, 0.2) is 0 Å². The van der Waals surface area contributed by atoms with Gasteiger partial charge in [-0.3, -0.25) is 4.79 Å². The second-order valence-electron chi connectivity index (χ2n) is 4.44. The summed E-state index contributed by atoms with van der Waals surface area (Å²) >= 11 is 11.1. The molecule has 5 heteroatoms. The Bertz CT molecular complexity index is 490. The van der Waals surface area contributed by atoms with Crippen molar-refractivity contribution in [1.82, 2.24) is 4.90 Å². The summed E-state index contributed by atoms with van der Waals surface area (Å²) in [5.74, 6) is 0.204. The molecule has 0 spiro atoms. The van der Waals surface area contributed by atoms with E-state index in [1.165, 1.54) is 0 Å². The van der Waals surface area contributed by atoms with Crippen LogP contribution in [0.3, 0.4) is 0 Å². The van der Waals surface area contributed by atoms with E-state index in [-0.39, 0.29) is 5.91 Å². The molecule has 18 heavy (non-hydrogen) atoms. The lowest BCUT2D eigenvalue weighted by molar-refractivity contribution is -0.133. The van der Waals surface area contributed by atoms with E-state index in [0.717, 1.165) is 30.5 Å². The van der Waals surface area contributed by atoms with Crippen molar-refractivity contribution in [2.75, 3.05) is 6.54 Å². The number of hydrogen-bond donors (Lipinski definition) is 1. The van der Waals surface area contributed by atoms with E-state index >= 15 is 0 Å². The Balaban J connectivity index is 2.14. The minimum atomic E-state index is 0.204. The highest BCUT2D eigenvalue weighted by Crippen LogP contribution is 2.22. The van der Waals surface area contributed by atoms with Gasteiger partial charge in [0.25, 0.3) is 0 Å². The number of benzene rings is 1. The fourth-order valence-corrected chi connectivity index (χ4v) is 2.43. The van der Waals surface area contributed by atoms with E-state index in [1.54, 1.807) is 6.07 Å². The van der Waals surface area contributed by atoms with Crippen LogP contribution in [0, 0.1) is 0 Å². The zero-order valence-electron chi connectivity index (χ0n) is 9.99. The molecule has 0 aliphatic carbocycles. The molecular formula is C13H15ClN2OS. The van der Waals surface area contributed by atoms with Crippen molar-refractivity contribution in [3.8, 4) is 0 Å². The number of nitrogens with zero attached hydrogens (tertiary/aromatic N) is 1. The summed E-state index contributed by atoms with van der Waals surface area (Å²) in [5, 5.41) is 0.610. The normalized spacial score (nSPS) is 15.8. The zero-order valence-corrected chi connectivity index (χ0v) is 11.6. The smallest absolute Gasteiger partial charge is 0.222 e. The fourth-order valence-electron chi connectivity index (χ4n) is 2.06. The third-order valence-corrected chi connectivity index (χ3v) is 3.71. The molecule has 3 nitrogen and oxygen atoms in total. The maximum Gasteiger partial charge on any atom is 0.222 e. The van der Waals surface area contributed by atoms with Gasteiger partial charge in [-0.25, -0.2) is 0 Å². The predicted octanol–water partition coefficient (Wildman–Crippen LogP) is 2.49. The topological polar surface area (TPSA) is 46.3 Å². The van der Waals surface area contributed by atoms with Crippen LogP contribution in [0.2, 0.25) is 5.02 Å². The second-order valence-corrected chi connectivity index (χ2v) is 5.29. The molecule has 0 saturated carbocycles. The molecule has 1 aliphatic rings. The van der Waals surface area contributed by atoms with E-state index in [2.05, 4.69) is 0 Å². The van der Waals surface area contributed by atoms with Gasteiger partial charge in [-0.2, -0.15) is 0 Å². The Hall–Kier alpha value is -1.13. The Kier molecular flexibility index (Phi) is 4.19. The monoisotopic (exact) mass is 282 g/mol. The number of carbonyl (C=O) groups excluding carboxylic acids is 1. The quantitative estimate of drug-likeness (QED) is 0.867. The molecule has 0 radical (unpaired) electrons. The number of halogens is 1. The van der Waals surface area contributed by atoms with Crippen LogP contribution in [0.5, 0.6) is 0 Å². The van der Waals surface area contributed by atoms with Gasteiger partial charge in [0.2, 0.25) is 5.91 Å². The highest BCUT2D eigenvalue weighted by molar-refractivity contribution is 7.80. The van der Waals surface area contributed by atoms with E-state index < -0.39 is 0 Å². The average molecular weight is 283 g/mol. The number of likely N-dealkylation sites (tertiary alicyclic amines) is 1. The van der Waals surface area contributed by atoms with E-state index in [4.69, 9.17) is 29.6 Å². The summed E-state index contributed by atoms with van der Waals surface area (Å²) in [6.07, 6.45) is 2.69. The van der Waals surface area contributed by atoms with E-state index in [0.29, 0.717) is 23.0 Å². The van der Waals surface area contributed by atoms with E-state index in [1.807, 2.05) is 17.0 Å². The first-order valence-electron chi connectivity index (χ1n) is 5.94. The second kappa shape index (κ2) is 5.67. The summed E-state index contributed by atoms with van der Waals surface area (Å²) in [5.41, 5.74) is 7.24. The molecule has 1 heterocycles. The van der Waals surface area contributed by atoms with Crippen molar-refractivity contribution in [3.05, 3.63) is 34.3 Å². The number of rotatable bonds is 3. The van der Waals surface area contributed by atoms with Gasteiger partial charge < -0.3 is 10.6 Å². The van der Waals surface area contributed by atoms with Crippen molar-refractivity contribution in [1.29, 1.82) is 0 Å². The summed E-state index contributed by atoms with van der Waals surface area (Å²) in [4.78, 5) is 13.9. The lowest BCUT2D eigenvalue weighted by Crippen LogP contribution is -2.34. The molecule has 2 rings (SSSR count). The molecule has 0 aromatic heterocycles. The molecule has 1 amide bonds. The zero-order chi connectivity index (χ0) is 13.1. The largest absolute Gasteiger partial charge is 0.389 e. The number of hydrogen-bond acceptors (Lipinski definition) is 2. The standard InChI is InChI=1S/C13H15ClN2OS/c14-11-7-9(13(15)18)4-5-10(11)8-16-6-2-1-3-12(16)17/h4-5,7H,1-3,6,8H2,(H2,15,18). The number of thiocarbonyl (C=S) groups is 1. The molecule has 0 unspecified atom stereocenters. The van der Waals surface area contributed by atoms with Gasteiger partial charge in [-0.05, 0) is 24.5 Å². The molecule has 1 aliphatic heterocycles. The Morgan fingerprint density at radius 3 is 2.83 bits per heavy atom. The van der Waals surface area contributed by atoms with Gasteiger partial charge >= 0.3 is 0 Å².